The first-order valence-electron chi connectivity index (χ1n) is 5.16. The van der Waals surface area contributed by atoms with Crippen LogP contribution in [-0.2, 0) is 5.41 Å². The van der Waals surface area contributed by atoms with E-state index in [4.69, 9.17) is 4.74 Å². The summed E-state index contributed by atoms with van der Waals surface area (Å²) >= 11 is 0. The van der Waals surface area contributed by atoms with Crippen LogP contribution in [0.15, 0.2) is 36.6 Å². The van der Waals surface area contributed by atoms with Crippen LogP contribution in [-0.4, -0.2) is 0 Å². The maximum Gasteiger partial charge on any atom is 0.134 e. The molecule has 0 radical (unpaired) electrons. The maximum absolute atomic E-state index is 5.59. The highest BCUT2D eigenvalue weighted by Gasteiger charge is 2.16. The smallest absolute Gasteiger partial charge is 0.134 e. The van der Waals surface area contributed by atoms with Crippen molar-refractivity contribution in [3.05, 3.63) is 47.7 Å². The van der Waals surface area contributed by atoms with Crippen LogP contribution in [0.5, 0.6) is 5.75 Å². The Labute approximate surface area is 91.1 Å². The van der Waals surface area contributed by atoms with Crippen molar-refractivity contribution in [3.63, 3.8) is 0 Å². The van der Waals surface area contributed by atoms with Gasteiger partial charge in [-0.25, -0.2) is 0 Å². The largest absolute Gasteiger partial charge is 0.457 e. The molecule has 1 aromatic rings. The Balaban J connectivity index is 2.47. The molecule has 1 aliphatic rings. The molecule has 78 valence electrons. The van der Waals surface area contributed by atoms with E-state index in [0.717, 1.165) is 11.3 Å². The van der Waals surface area contributed by atoms with Gasteiger partial charge in [0, 0.05) is 5.56 Å². The molecule has 0 saturated carbocycles. The minimum atomic E-state index is 0.154. The standard InChI is InChI=1S/C14H16O/c1-10-5-6-11-7-8-12(14(2,3)4)9-13(11)15-10/h5-9H,1H2,2-4H3. The van der Waals surface area contributed by atoms with Crippen molar-refractivity contribution in [2.45, 2.75) is 26.2 Å². The van der Waals surface area contributed by atoms with Gasteiger partial charge in [0.25, 0.3) is 0 Å². The fraction of sp³-hybridized carbons (Fsp3) is 0.286. The molecule has 0 fully saturated rings. The van der Waals surface area contributed by atoms with Gasteiger partial charge in [0.2, 0.25) is 0 Å². The first kappa shape index (κ1) is 10.0. The van der Waals surface area contributed by atoms with Crippen LogP contribution in [0.2, 0.25) is 0 Å². The molecular weight excluding hydrogens is 184 g/mol. The zero-order chi connectivity index (χ0) is 11.1. The fourth-order valence-corrected chi connectivity index (χ4v) is 1.58. The fourth-order valence-electron chi connectivity index (χ4n) is 1.58. The first-order chi connectivity index (χ1) is 6.97. The van der Waals surface area contributed by atoms with Gasteiger partial charge in [-0.3, -0.25) is 0 Å². The van der Waals surface area contributed by atoms with Crippen molar-refractivity contribution in [1.29, 1.82) is 0 Å². The van der Waals surface area contributed by atoms with Gasteiger partial charge in [-0.15, -0.1) is 0 Å². The van der Waals surface area contributed by atoms with Gasteiger partial charge in [-0.1, -0.05) is 39.5 Å². The molecule has 1 heteroatoms. The molecule has 0 bridgehead atoms. The molecule has 0 amide bonds. The van der Waals surface area contributed by atoms with E-state index in [9.17, 15) is 0 Å². The lowest BCUT2D eigenvalue weighted by Crippen LogP contribution is -2.11. The number of benzene rings is 1. The zero-order valence-electron chi connectivity index (χ0n) is 9.50. The average molecular weight is 200 g/mol. The van der Waals surface area contributed by atoms with Crippen molar-refractivity contribution in [2.75, 3.05) is 0 Å². The maximum atomic E-state index is 5.59. The van der Waals surface area contributed by atoms with Crippen LogP contribution < -0.4 is 4.74 Å². The number of hydrogen-bond donors (Lipinski definition) is 0. The van der Waals surface area contributed by atoms with E-state index in [-0.39, 0.29) is 5.41 Å². The van der Waals surface area contributed by atoms with Crippen molar-refractivity contribution in [2.24, 2.45) is 0 Å². The van der Waals surface area contributed by atoms with Crippen molar-refractivity contribution in [1.82, 2.24) is 0 Å². The van der Waals surface area contributed by atoms with Gasteiger partial charge in [0.1, 0.15) is 11.5 Å². The Morgan fingerprint density at radius 3 is 2.53 bits per heavy atom. The summed E-state index contributed by atoms with van der Waals surface area (Å²) in [4.78, 5) is 0. The third kappa shape index (κ3) is 1.96. The number of allylic oxidation sites excluding steroid dienone is 1. The van der Waals surface area contributed by atoms with Crippen LogP contribution in [0.1, 0.15) is 31.9 Å². The molecule has 0 aliphatic carbocycles. The highest BCUT2D eigenvalue weighted by Crippen LogP contribution is 2.32. The second-order valence-electron chi connectivity index (χ2n) is 4.90. The summed E-state index contributed by atoms with van der Waals surface area (Å²) in [6.45, 7) is 10.4. The van der Waals surface area contributed by atoms with E-state index in [0.29, 0.717) is 5.76 Å². The number of ether oxygens (including phenoxy) is 1. The van der Waals surface area contributed by atoms with E-state index in [1.807, 2.05) is 12.2 Å². The SMILES string of the molecule is C=C1C=Cc2ccc(C(C)(C)C)cc2O1. The zero-order valence-corrected chi connectivity index (χ0v) is 9.50. The molecule has 2 rings (SSSR count). The Hall–Kier alpha value is -1.50. The van der Waals surface area contributed by atoms with E-state index >= 15 is 0 Å². The van der Waals surface area contributed by atoms with Gasteiger partial charge >= 0.3 is 0 Å². The summed E-state index contributed by atoms with van der Waals surface area (Å²) in [5.74, 6) is 1.61. The molecule has 1 nitrogen and oxygen atoms in total. The molecule has 1 heterocycles. The molecule has 0 aromatic heterocycles. The van der Waals surface area contributed by atoms with Gasteiger partial charge in [-0.05, 0) is 29.2 Å². The first-order valence-corrected chi connectivity index (χ1v) is 5.16. The van der Waals surface area contributed by atoms with E-state index < -0.39 is 0 Å². The Morgan fingerprint density at radius 1 is 1.13 bits per heavy atom. The topological polar surface area (TPSA) is 9.23 Å². The summed E-state index contributed by atoms with van der Waals surface area (Å²) in [6.07, 6.45) is 3.92. The lowest BCUT2D eigenvalue weighted by molar-refractivity contribution is 0.439. The molecule has 0 saturated heterocycles. The van der Waals surface area contributed by atoms with E-state index in [1.165, 1.54) is 5.56 Å². The molecule has 0 N–H and O–H groups in total. The van der Waals surface area contributed by atoms with Crippen LogP contribution in [0, 0.1) is 0 Å². The second kappa shape index (κ2) is 3.27. The van der Waals surface area contributed by atoms with Crippen LogP contribution in [0.3, 0.4) is 0 Å². The normalized spacial score (nSPS) is 14.7. The van der Waals surface area contributed by atoms with Crippen molar-refractivity contribution in [3.8, 4) is 5.75 Å². The average Bonchev–Trinajstić information content (AvgIpc) is 2.15. The minimum Gasteiger partial charge on any atom is -0.457 e. The van der Waals surface area contributed by atoms with Gasteiger partial charge in [0.15, 0.2) is 0 Å². The third-order valence-corrected chi connectivity index (χ3v) is 2.57. The van der Waals surface area contributed by atoms with Gasteiger partial charge in [-0.2, -0.15) is 0 Å². The summed E-state index contributed by atoms with van der Waals surface area (Å²) in [5, 5.41) is 0. The van der Waals surface area contributed by atoms with Crippen LogP contribution in [0.25, 0.3) is 6.08 Å². The Kier molecular flexibility index (Phi) is 2.18. The minimum absolute atomic E-state index is 0.154. The Morgan fingerprint density at radius 2 is 1.87 bits per heavy atom. The van der Waals surface area contributed by atoms with Crippen LogP contribution >= 0.6 is 0 Å². The summed E-state index contributed by atoms with van der Waals surface area (Å²) in [5.41, 5.74) is 2.56. The summed E-state index contributed by atoms with van der Waals surface area (Å²) in [6, 6.07) is 6.35. The molecule has 0 unspecified atom stereocenters. The molecule has 0 atom stereocenters. The monoisotopic (exact) mass is 200 g/mol. The van der Waals surface area contributed by atoms with E-state index in [1.54, 1.807) is 0 Å². The quantitative estimate of drug-likeness (QED) is 0.617. The highest BCUT2D eigenvalue weighted by molar-refractivity contribution is 5.63. The molecule has 1 aromatic carbocycles. The lowest BCUT2D eigenvalue weighted by Gasteiger charge is -2.22. The summed E-state index contributed by atoms with van der Waals surface area (Å²) in [7, 11) is 0. The van der Waals surface area contributed by atoms with Gasteiger partial charge in [0.05, 0.1) is 0 Å². The molecule has 0 spiro atoms. The second-order valence-corrected chi connectivity index (χ2v) is 4.90. The third-order valence-electron chi connectivity index (χ3n) is 2.57. The van der Waals surface area contributed by atoms with Crippen molar-refractivity contribution >= 4 is 6.08 Å². The van der Waals surface area contributed by atoms with Crippen LogP contribution in [0.4, 0.5) is 0 Å². The predicted octanol–water partition coefficient (Wildman–Crippen LogP) is 3.90. The van der Waals surface area contributed by atoms with Crippen molar-refractivity contribution < 1.29 is 4.74 Å². The molecule has 15 heavy (non-hydrogen) atoms. The number of rotatable bonds is 0. The van der Waals surface area contributed by atoms with Gasteiger partial charge < -0.3 is 4.74 Å². The molecule has 1 aliphatic heterocycles. The summed E-state index contributed by atoms with van der Waals surface area (Å²) < 4.78 is 5.59. The lowest BCUT2D eigenvalue weighted by atomic mass is 9.86. The number of hydrogen-bond acceptors (Lipinski definition) is 1. The Bertz CT molecular complexity index is 433. The number of fused-ring (bicyclic) bond motifs is 1. The molecular formula is C14H16O. The predicted molar refractivity (Wildman–Crippen MR) is 63.9 cm³/mol. The highest BCUT2D eigenvalue weighted by atomic mass is 16.5. The van der Waals surface area contributed by atoms with E-state index in [2.05, 4.69) is 45.5 Å².